The molecule has 0 radical (unpaired) electrons. The summed E-state index contributed by atoms with van der Waals surface area (Å²) in [7, 11) is 1.28. The van der Waals surface area contributed by atoms with Crippen LogP contribution in [0, 0.1) is 11.8 Å². The number of Topliss-reactive ketones (excluding diaryl/α,β-unsaturated/α-hetero) is 1. The fraction of sp³-hybridized carbons (Fsp3) is 0.536. The number of carbonyl (C=O) groups excluding carboxylic acids is 3. The molecule has 1 heterocycles. The van der Waals surface area contributed by atoms with Crippen LogP contribution >= 0.6 is 0 Å². The van der Waals surface area contributed by atoms with E-state index in [9.17, 15) is 14.4 Å². The fourth-order valence-electron chi connectivity index (χ4n) is 4.78. The van der Waals surface area contributed by atoms with Gasteiger partial charge in [-0.15, -0.1) is 0 Å². The molecule has 196 valence electrons. The summed E-state index contributed by atoms with van der Waals surface area (Å²) in [5.41, 5.74) is 2.85. The molecule has 0 spiro atoms. The van der Waals surface area contributed by atoms with E-state index in [2.05, 4.69) is 5.32 Å². The molecule has 0 saturated carbocycles. The smallest absolute Gasteiger partial charge is 0.336 e. The van der Waals surface area contributed by atoms with Crippen molar-refractivity contribution in [2.45, 2.75) is 52.9 Å². The van der Waals surface area contributed by atoms with Crippen molar-refractivity contribution >= 4 is 17.7 Å². The van der Waals surface area contributed by atoms with Gasteiger partial charge in [0.05, 0.1) is 25.9 Å². The summed E-state index contributed by atoms with van der Waals surface area (Å²) in [5.74, 6) is -2.56. The number of benzene rings is 1. The van der Waals surface area contributed by atoms with Crippen molar-refractivity contribution in [2.24, 2.45) is 11.8 Å². The van der Waals surface area contributed by atoms with Gasteiger partial charge in [0.15, 0.2) is 5.78 Å². The Labute approximate surface area is 213 Å². The number of ether oxygens (including phenoxy) is 4. The van der Waals surface area contributed by atoms with Gasteiger partial charge in [0.2, 0.25) is 0 Å². The number of dihydropyridines is 1. The summed E-state index contributed by atoms with van der Waals surface area (Å²) >= 11 is 0. The highest BCUT2D eigenvalue weighted by molar-refractivity contribution is 6.12. The average molecular weight is 500 g/mol. The number of hydrogen-bond acceptors (Lipinski definition) is 8. The SMILES string of the molecule is CCCOCCOC(=O)C1=C(C)NC2=C(C(=O)[C@H](C(=O)OC)[C@H](C)C2)[C@H]1c1ccc(OCCC)cc1. The van der Waals surface area contributed by atoms with Crippen molar-refractivity contribution < 1.29 is 33.3 Å². The Hall–Kier alpha value is -3.13. The molecule has 8 heteroatoms. The number of hydrogen-bond donors (Lipinski definition) is 1. The lowest BCUT2D eigenvalue weighted by atomic mass is 9.69. The number of rotatable bonds is 11. The van der Waals surface area contributed by atoms with Crippen molar-refractivity contribution in [2.75, 3.05) is 33.5 Å². The number of allylic oxidation sites excluding steroid dienone is 3. The maximum Gasteiger partial charge on any atom is 0.336 e. The molecular formula is C28H37NO7. The van der Waals surface area contributed by atoms with Gasteiger partial charge in [-0.3, -0.25) is 9.59 Å². The van der Waals surface area contributed by atoms with Gasteiger partial charge in [0, 0.05) is 29.5 Å². The topological polar surface area (TPSA) is 100 Å². The summed E-state index contributed by atoms with van der Waals surface area (Å²) in [5, 5.41) is 3.27. The molecular weight excluding hydrogens is 462 g/mol. The van der Waals surface area contributed by atoms with Gasteiger partial charge in [-0.25, -0.2) is 4.79 Å². The van der Waals surface area contributed by atoms with Crippen molar-refractivity contribution in [3.05, 3.63) is 52.4 Å². The number of ketones is 1. The third-order valence-electron chi connectivity index (χ3n) is 6.46. The van der Waals surface area contributed by atoms with Gasteiger partial charge in [-0.2, -0.15) is 0 Å². The van der Waals surface area contributed by atoms with E-state index in [1.165, 1.54) is 7.11 Å². The third kappa shape index (κ3) is 5.98. The van der Waals surface area contributed by atoms with Crippen LogP contribution in [0.4, 0.5) is 0 Å². The molecule has 0 fully saturated rings. The molecule has 0 aromatic heterocycles. The first kappa shape index (κ1) is 27.5. The molecule has 1 aromatic carbocycles. The molecule has 1 aliphatic heterocycles. The van der Waals surface area contributed by atoms with Crippen LogP contribution in [0.15, 0.2) is 46.8 Å². The molecule has 1 N–H and O–H groups in total. The normalized spacial score (nSPS) is 21.6. The Morgan fingerprint density at radius 1 is 1.03 bits per heavy atom. The Balaban J connectivity index is 2.00. The summed E-state index contributed by atoms with van der Waals surface area (Å²) in [4.78, 5) is 39.6. The molecule has 2 aliphatic rings. The number of nitrogens with one attached hydrogen (secondary N) is 1. The van der Waals surface area contributed by atoms with E-state index in [-0.39, 0.29) is 18.3 Å². The molecule has 0 amide bonds. The van der Waals surface area contributed by atoms with Crippen LogP contribution in [0.1, 0.15) is 58.4 Å². The highest BCUT2D eigenvalue weighted by Crippen LogP contribution is 2.45. The molecule has 1 aliphatic carbocycles. The minimum absolute atomic E-state index is 0.105. The highest BCUT2D eigenvalue weighted by atomic mass is 16.6. The fourth-order valence-corrected chi connectivity index (χ4v) is 4.78. The monoisotopic (exact) mass is 499 g/mol. The largest absolute Gasteiger partial charge is 0.494 e. The molecule has 0 bridgehead atoms. The van der Waals surface area contributed by atoms with E-state index in [0.29, 0.717) is 48.8 Å². The van der Waals surface area contributed by atoms with Crippen molar-refractivity contribution in [1.29, 1.82) is 0 Å². The van der Waals surface area contributed by atoms with Crippen molar-refractivity contribution in [3.8, 4) is 5.75 Å². The van der Waals surface area contributed by atoms with Crippen LogP contribution in [-0.2, 0) is 28.6 Å². The lowest BCUT2D eigenvalue weighted by Gasteiger charge is -2.38. The van der Waals surface area contributed by atoms with Gasteiger partial charge in [0.1, 0.15) is 18.3 Å². The number of esters is 2. The minimum Gasteiger partial charge on any atom is -0.494 e. The van der Waals surface area contributed by atoms with Crippen LogP contribution in [0.2, 0.25) is 0 Å². The second kappa shape index (κ2) is 12.7. The molecule has 36 heavy (non-hydrogen) atoms. The van der Waals surface area contributed by atoms with Crippen LogP contribution in [-0.4, -0.2) is 51.3 Å². The lowest BCUT2D eigenvalue weighted by molar-refractivity contribution is -0.151. The minimum atomic E-state index is -0.927. The van der Waals surface area contributed by atoms with Gasteiger partial charge < -0.3 is 24.3 Å². The van der Waals surface area contributed by atoms with Crippen LogP contribution in [0.5, 0.6) is 5.75 Å². The van der Waals surface area contributed by atoms with Crippen molar-refractivity contribution in [3.63, 3.8) is 0 Å². The van der Waals surface area contributed by atoms with Crippen LogP contribution in [0.3, 0.4) is 0 Å². The van der Waals surface area contributed by atoms with E-state index in [0.717, 1.165) is 24.1 Å². The van der Waals surface area contributed by atoms with E-state index in [4.69, 9.17) is 18.9 Å². The quantitative estimate of drug-likeness (QED) is 0.276. The predicted octanol–water partition coefficient (Wildman–Crippen LogP) is 4.06. The zero-order valence-electron chi connectivity index (χ0n) is 21.8. The van der Waals surface area contributed by atoms with Gasteiger partial charge in [-0.05, 0) is 49.8 Å². The zero-order valence-corrected chi connectivity index (χ0v) is 21.8. The molecule has 3 atom stereocenters. The molecule has 8 nitrogen and oxygen atoms in total. The van der Waals surface area contributed by atoms with E-state index in [1.807, 2.05) is 45.0 Å². The Bertz CT molecular complexity index is 1020. The van der Waals surface area contributed by atoms with E-state index in [1.54, 1.807) is 6.92 Å². The first-order valence-corrected chi connectivity index (χ1v) is 12.6. The summed E-state index contributed by atoms with van der Waals surface area (Å²) in [6, 6.07) is 7.37. The molecule has 0 saturated heterocycles. The maximum atomic E-state index is 13.8. The molecule has 1 aromatic rings. The second-order valence-electron chi connectivity index (χ2n) is 9.20. The average Bonchev–Trinajstić information content (AvgIpc) is 2.86. The third-order valence-corrected chi connectivity index (χ3v) is 6.46. The molecule has 0 unspecified atom stereocenters. The van der Waals surface area contributed by atoms with Crippen LogP contribution < -0.4 is 10.1 Å². The van der Waals surface area contributed by atoms with Crippen LogP contribution in [0.25, 0.3) is 0 Å². The molecule has 3 rings (SSSR count). The first-order valence-electron chi connectivity index (χ1n) is 12.6. The highest BCUT2D eigenvalue weighted by Gasteiger charge is 2.47. The maximum absolute atomic E-state index is 13.8. The van der Waals surface area contributed by atoms with E-state index < -0.39 is 23.8 Å². The predicted molar refractivity (Wildman–Crippen MR) is 134 cm³/mol. The van der Waals surface area contributed by atoms with Gasteiger partial charge in [-0.1, -0.05) is 32.9 Å². The second-order valence-corrected chi connectivity index (χ2v) is 9.20. The number of carbonyl (C=O) groups is 3. The van der Waals surface area contributed by atoms with Gasteiger partial charge in [0.25, 0.3) is 0 Å². The summed E-state index contributed by atoms with van der Waals surface area (Å²) in [6.45, 7) is 9.29. The Morgan fingerprint density at radius 3 is 2.36 bits per heavy atom. The standard InChI is InChI=1S/C28H37NO7/c1-6-12-34-14-15-36-28(32)23-18(4)29-21-16-17(3)22(27(31)33-5)26(30)25(21)24(23)19-8-10-20(11-9-19)35-13-7-2/h8-11,17,22,24,29H,6-7,12-16H2,1-5H3/t17-,22-,24+/m1/s1. The Morgan fingerprint density at radius 2 is 1.72 bits per heavy atom. The summed E-state index contributed by atoms with van der Waals surface area (Å²) < 4.78 is 21.6. The Kier molecular flexibility index (Phi) is 9.70. The zero-order chi connectivity index (χ0) is 26.2. The van der Waals surface area contributed by atoms with E-state index >= 15 is 0 Å². The first-order chi connectivity index (χ1) is 17.3. The lowest BCUT2D eigenvalue weighted by Crippen LogP contribution is -2.43. The van der Waals surface area contributed by atoms with Gasteiger partial charge >= 0.3 is 11.9 Å². The number of methoxy groups -OCH3 is 1. The summed E-state index contributed by atoms with van der Waals surface area (Å²) in [6.07, 6.45) is 2.24. The van der Waals surface area contributed by atoms with Crippen molar-refractivity contribution in [1.82, 2.24) is 5.32 Å².